The summed E-state index contributed by atoms with van der Waals surface area (Å²) in [6.07, 6.45) is 4.18. The monoisotopic (exact) mass is 198 g/mol. The summed E-state index contributed by atoms with van der Waals surface area (Å²) in [5.41, 5.74) is 0. The molecule has 0 heterocycles. The lowest BCUT2D eigenvalue weighted by molar-refractivity contribution is 0.720. The fourth-order valence-corrected chi connectivity index (χ4v) is 7.50. The number of hydrogen-bond donors (Lipinski definition) is 0. The summed E-state index contributed by atoms with van der Waals surface area (Å²) >= 11 is -0.516. The average Bonchev–Trinajstić information content (AvgIpc) is 2.16. The lowest BCUT2D eigenvalue weighted by atomic mass is 10.3. The van der Waals surface area contributed by atoms with E-state index >= 15 is 0 Å². The molecule has 0 aliphatic heterocycles. The second-order valence-corrected chi connectivity index (χ2v) is 9.30. The highest BCUT2D eigenvalue weighted by atomic mass is 27.2. The van der Waals surface area contributed by atoms with Crippen molar-refractivity contribution in [3.05, 3.63) is 0 Å². The Bertz CT molecular complexity index is 98.5. The average molecular weight is 198 g/mol. The van der Waals surface area contributed by atoms with Crippen molar-refractivity contribution in [1.82, 2.24) is 0 Å². The molecule has 0 aromatic rings. The summed E-state index contributed by atoms with van der Waals surface area (Å²) in [5.74, 6) is 0. The van der Waals surface area contributed by atoms with E-state index in [4.69, 9.17) is 0 Å². The maximum Gasteiger partial charge on any atom is 0.271 e. The fourth-order valence-electron chi connectivity index (χ4n) is 2.50. The molecule has 0 saturated heterocycles. The molecular weight excluding hydrogens is 171 g/mol. The van der Waals surface area contributed by atoms with Crippen LogP contribution in [0.15, 0.2) is 0 Å². The minimum atomic E-state index is -0.516. The lowest BCUT2D eigenvalue weighted by Crippen LogP contribution is -2.28. The predicted octanol–water partition coefficient (Wildman–Crippen LogP) is 4.88. The first-order chi connectivity index (χ1) is 6.08. The van der Waals surface area contributed by atoms with Crippen LogP contribution in [0, 0.1) is 0 Å². The van der Waals surface area contributed by atoms with Crippen LogP contribution in [0.3, 0.4) is 0 Å². The molecule has 0 N–H and O–H groups in total. The molecule has 1 heteroatoms. The van der Waals surface area contributed by atoms with E-state index in [9.17, 15) is 0 Å². The van der Waals surface area contributed by atoms with Gasteiger partial charge in [-0.1, -0.05) is 75.1 Å². The first kappa shape index (κ1) is 13.5. The van der Waals surface area contributed by atoms with E-state index in [0.717, 1.165) is 14.3 Å². The van der Waals surface area contributed by atoms with Gasteiger partial charge in [0.1, 0.15) is 0 Å². The number of hydrogen-bond acceptors (Lipinski definition) is 0. The van der Waals surface area contributed by atoms with Crippen molar-refractivity contribution in [3.63, 3.8) is 0 Å². The van der Waals surface area contributed by atoms with E-state index in [1.807, 2.05) is 0 Å². The van der Waals surface area contributed by atoms with Gasteiger partial charge in [-0.3, -0.25) is 0 Å². The standard InChI is InChI=1S/3C4H9.Al/c3*1-3-4-2;/h3*3H,4H2,1-2H3;. The molecule has 0 nitrogen and oxygen atoms in total. The molecule has 0 aliphatic rings. The van der Waals surface area contributed by atoms with E-state index in [1.165, 1.54) is 19.3 Å². The molecule has 0 aromatic carbocycles. The maximum atomic E-state index is 2.48. The summed E-state index contributed by atoms with van der Waals surface area (Å²) in [6, 6.07) is 0. The molecule has 0 spiro atoms. The molecule has 0 fully saturated rings. The highest BCUT2D eigenvalue weighted by molar-refractivity contribution is 6.63. The Morgan fingerprint density at radius 1 is 0.692 bits per heavy atom. The Kier molecular flexibility index (Phi) is 7.19. The minimum absolute atomic E-state index is 0.516. The molecule has 3 atom stereocenters. The highest BCUT2D eigenvalue weighted by Crippen LogP contribution is 2.35. The zero-order valence-electron chi connectivity index (χ0n) is 10.4. The zero-order valence-corrected chi connectivity index (χ0v) is 11.6. The lowest BCUT2D eigenvalue weighted by Gasteiger charge is -2.28. The number of rotatable bonds is 6. The third kappa shape index (κ3) is 4.05. The summed E-state index contributed by atoms with van der Waals surface area (Å²) in [7, 11) is 0. The molecule has 0 rings (SSSR count). The van der Waals surface area contributed by atoms with Gasteiger partial charge in [0.05, 0.1) is 0 Å². The van der Waals surface area contributed by atoms with Crippen LogP contribution in [0.5, 0.6) is 0 Å². The van der Waals surface area contributed by atoms with Crippen molar-refractivity contribution < 1.29 is 0 Å². The van der Waals surface area contributed by atoms with Gasteiger partial charge in [0.2, 0.25) is 0 Å². The van der Waals surface area contributed by atoms with Crippen LogP contribution in [0.2, 0.25) is 14.3 Å². The molecule has 3 unspecified atom stereocenters. The molecule has 0 aliphatic carbocycles. The van der Waals surface area contributed by atoms with Crippen molar-refractivity contribution in [2.45, 2.75) is 75.1 Å². The van der Waals surface area contributed by atoms with Gasteiger partial charge in [0, 0.05) is 0 Å². The van der Waals surface area contributed by atoms with Gasteiger partial charge >= 0.3 is 0 Å². The van der Waals surface area contributed by atoms with E-state index in [0.29, 0.717) is 0 Å². The zero-order chi connectivity index (χ0) is 10.4. The second-order valence-electron chi connectivity index (χ2n) is 4.73. The van der Waals surface area contributed by atoms with Crippen molar-refractivity contribution in [1.29, 1.82) is 0 Å². The smallest absolute Gasteiger partial charge is 0.0847 e. The van der Waals surface area contributed by atoms with E-state index < -0.39 is 14.1 Å². The van der Waals surface area contributed by atoms with E-state index in [1.54, 1.807) is 0 Å². The third-order valence-electron chi connectivity index (χ3n) is 3.90. The SMILES string of the molecule is CC[CH](C)[Al]([CH](C)CC)[CH](C)CC. The second kappa shape index (κ2) is 6.91. The van der Waals surface area contributed by atoms with Crippen LogP contribution in [0.25, 0.3) is 0 Å². The summed E-state index contributed by atoms with van der Waals surface area (Å²) in [5, 5.41) is 0. The van der Waals surface area contributed by atoms with Gasteiger partial charge in [-0.2, -0.15) is 0 Å². The Labute approximate surface area is 89.5 Å². The molecule has 0 amide bonds. The maximum absolute atomic E-state index is 2.48. The minimum Gasteiger partial charge on any atom is -0.0847 e. The fraction of sp³-hybridized carbons (Fsp3) is 1.00. The Balaban J connectivity index is 4.34. The molecule has 0 radical (unpaired) electrons. The first-order valence-electron chi connectivity index (χ1n) is 6.08. The molecule has 0 bridgehead atoms. The Morgan fingerprint density at radius 3 is 1.08 bits per heavy atom. The Morgan fingerprint density at radius 2 is 0.923 bits per heavy atom. The van der Waals surface area contributed by atoms with Crippen molar-refractivity contribution in [2.24, 2.45) is 0 Å². The topological polar surface area (TPSA) is 0 Å². The van der Waals surface area contributed by atoms with Crippen LogP contribution in [0.1, 0.15) is 60.8 Å². The van der Waals surface area contributed by atoms with Gasteiger partial charge in [0.15, 0.2) is 0 Å². The quantitative estimate of drug-likeness (QED) is 0.533. The van der Waals surface area contributed by atoms with Gasteiger partial charge in [-0.25, -0.2) is 0 Å². The van der Waals surface area contributed by atoms with Gasteiger partial charge in [0.25, 0.3) is 14.1 Å². The van der Waals surface area contributed by atoms with Gasteiger partial charge in [-0.15, -0.1) is 0 Å². The summed E-state index contributed by atoms with van der Waals surface area (Å²) in [4.78, 5) is 0. The molecule has 0 aromatic heterocycles. The van der Waals surface area contributed by atoms with Crippen LogP contribution < -0.4 is 0 Å². The summed E-state index contributed by atoms with van der Waals surface area (Å²) < 4.78 is 3.10. The summed E-state index contributed by atoms with van der Waals surface area (Å²) in [6.45, 7) is 14.5. The van der Waals surface area contributed by atoms with Crippen LogP contribution in [0.4, 0.5) is 0 Å². The van der Waals surface area contributed by atoms with Gasteiger partial charge in [-0.05, 0) is 0 Å². The molecule has 78 valence electrons. The highest BCUT2D eigenvalue weighted by Gasteiger charge is 2.32. The largest absolute Gasteiger partial charge is 0.271 e. The van der Waals surface area contributed by atoms with Crippen LogP contribution in [-0.2, 0) is 0 Å². The van der Waals surface area contributed by atoms with Crippen molar-refractivity contribution in [3.8, 4) is 0 Å². The predicted molar refractivity (Wildman–Crippen MR) is 64.9 cm³/mol. The van der Waals surface area contributed by atoms with Crippen molar-refractivity contribution >= 4 is 14.1 Å². The van der Waals surface area contributed by atoms with Crippen molar-refractivity contribution in [2.75, 3.05) is 0 Å². The van der Waals surface area contributed by atoms with E-state index in [2.05, 4.69) is 41.5 Å². The van der Waals surface area contributed by atoms with Gasteiger partial charge < -0.3 is 0 Å². The van der Waals surface area contributed by atoms with Crippen LogP contribution in [-0.4, -0.2) is 14.1 Å². The first-order valence-corrected chi connectivity index (χ1v) is 8.08. The molecule has 13 heavy (non-hydrogen) atoms. The Hall–Kier alpha value is 0.532. The molecular formula is C12H27Al. The molecule has 0 saturated carbocycles. The third-order valence-corrected chi connectivity index (χ3v) is 9.26. The van der Waals surface area contributed by atoms with E-state index in [-0.39, 0.29) is 0 Å². The van der Waals surface area contributed by atoms with Crippen LogP contribution >= 0.6 is 0 Å². The normalized spacial score (nSPS) is 18.0.